The van der Waals surface area contributed by atoms with Crippen LogP contribution in [0.25, 0.3) is 0 Å². The van der Waals surface area contributed by atoms with Crippen molar-refractivity contribution in [2.75, 3.05) is 26.2 Å². The summed E-state index contributed by atoms with van der Waals surface area (Å²) in [4.78, 5) is 4.35. The van der Waals surface area contributed by atoms with E-state index in [-0.39, 0.29) is 0 Å². The summed E-state index contributed by atoms with van der Waals surface area (Å²) in [6.07, 6.45) is 15.0. The van der Waals surface area contributed by atoms with Gasteiger partial charge in [0.1, 0.15) is 0 Å². The van der Waals surface area contributed by atoms with E-state index in [9.17, 15) is 0 Å². The normalized spacial score (nSPS) is 9.57. The fourth-order valence-electron chi connectivity index (χ4n) is 2.80. The first-order valence-corrected chi connectivity index (χ1v) is 15.9. The molecule has 0 atom stereocenters. The summed E-state index contributed by atoms with van der Waals surface area (Å²) in [6.45, 7) is 13.1. The monoisotopic (exact) mass is 594 g/mol. The molecule has 0 aromatic heterocycles. The molecule has 0 unspecified atom stereocenters. The van der Waals surface area contributed by atoms with Gasteiger partial charge in [-0.2, -0.15) is 0 Å². The number of hydrogen-bond acceptors (Lipinski definition) is 5. The van der Waals surface area contributed by atoms with Gasteiger partial charge in [-0.15, -0.1) is 0 Å². The van der Waals surface area contributed by atoms with Gasteiger partial charge in [0.05, 0.1) is 0 Å². The minimum absolute atomic E-state index is 0.650. The van der Waals surface area contributed by atoms with Crippen LogP contribution >= 0.6 is 34.3 Å². The Kier molecular flexibility index (Phi) is 35.9. The molecule has 0 aliphatic rings. The maximum absolute atomic E-state index is 5.06. The Hall–Kier alpha value is 1.13. The van der Waals surface area contributed by atoms with Crippen molar-refractivity contribution in [3.05, 3.63) is 0 Å². The van der Waals surface area contributed by atoms with E-state index in [0.29, 0.717) is 8.64 Å². The van der Waals surface area contributed by atoms with Crippen molar-refractivity contribution in [2.24, 2.45) is 0 Å². The van der Waals surface area contributed by atoms with Gasteiger partial charge in [0.25, 0.3) is 0 Å². The van der Waals surface area contributed by atoms with Crippen LogP contribution in [0.5, 0.6) is 0 Å². The van der Waals surface area contributed by atoms with E-state index in [2.05, 4.69) is 47.3 Å². The molecule has 2 nitrogen and oxygen atoms in total. The standard InChI is InChI=1S/2C11H23NS2.Mo.S/c2*1-3-5-7-9-12(11(13)14)10-8-6-4-2;;/h2*3-10H2,1-2H3,(H,13,14);;/q;;+2;/p-2. The van der Waals surface area contributed by atoms with Crippen molar-refractivity contribution in [2.45, 2.75) is 105 Å². The van der Waals surface area contributed by atoms with Crippen molar-refractivity contribution in [1.82, 2.24) is 9.80 Å². The van der Waals surface area contributed by atoms with Gasteiger partial charge in [-0.3, -0.25) is 0 Å². The number of rotatable bonds is 16. The van der Waals surface area contributed by atoms with E-state index in [1.807, 2.05) is 0 Å². The molecule has 0 aromatic carbocycles. The van der Waals surface area contributed by atoms with Crippen LogP contribution in [0, 0.1) is 0 Å². The Bertz CT molecular complexity index is 333. The summed E-state index contributed by atoms with van der Waals surface area (Å²) >= 11 is 21.8. The molecule has 0 N–H and O–H groups in total. The van der Waals surface area contributed by atoms with Crippen molar-refractivity contribution in [3.63, 3.8) is 0 Å². The molecule has 0 bridgehead atoms. The zero-order valence-electron chi connectivity index (χ0n) is 19.7. The summed E-state index contributed by atoms with van der Waals surface area (Å²) in [5.41, 5.74) is 0. The fraction of sp³-hybridized carbons (Fsp3) is 0.909. The second kappa shape index (κ2) is 30.1. The van der Waals surface area contributed by atoms with E-state index in [1.165, 1.54) is 95.0 Å². The van der Waals surface area contributed by atoms with E-state index in [0.717, 1.165) is 26.2 Å². The van der Waals surface area contributed by atoms with Gasteiger partial charge in [0.15, 0.2) is 0 Å². The molecule has 0 spiro atoms. The summed E-state index contributed by atoms with van der Waals surface area (Å²) in [6, 6.07) is 0. The van der Waals surface area contributed by atoms with Crippen molar-refractivity contribution < 1.29 is 18.0 Å². The predicted octanol–water partition coefficient (Wildman–Crippen LogP) is 7.65. The van der Waals surface area contributed by atoms with Gasteiger partial charge < -0.3 is 59.5 Å². The van der Waals surface area contributed by atoms with Crippen LogP contribution in [0.2, 0.25) is 0 Å². The Morgan fingerprint density at radius 1 is 0.533 bits per heavy atom. The van der Waals surface area contributed by atoms with Gasteiger partial charge in [0.2, 0.25) is 0 Å². The fourth-order valence-corrected chi connectivity index (χ4v) is 3.53. The number of unbranched alkanes of at least 4 members (excludes halogenated alkanes) is 8. The third kappa shape index (κ3) is 27.2. The van der Waals surface area contributed by atoms with Crippen molar-refractivity contribution >= 4 is 68.2 Å². The van der Waals surface area contributed by atoms with E-state index < -0.39 is 0 Å². The molecule has 0 radical (unpaired) electrons. The molecule has 30 heavy (non-hydrogen) atoms. The number of nitrogens with zero attached hydrogens (tertiary/aromatic N) is 2. The molecule has 0 aliphatic carbocycles. The average molecular weight is 593 g/mol. The molecule has 0 rings (SSSR count). The third-order valence-corrected chi connectivity index (χ3v) is 5.68. The first kappa shape index (κ1) is 35.7. The van der Waals surface area contributed by atoms with Gasteiger partial charge in [-0.25, -0.2) is 0 Å². The third-order valence-electron chi connectivity index (χ3n) is 4.64. The molecule has 0 aliphatic heterocycles. The molecule has 0 saturated carbocycles. The Morgan fingerprint density at radius 2 is 0.733 bits per heavy atom. The Labute approximate surface area is 225 Å². The summed E-state index contributed by atoms with van der Waals surface area (Å²) in [5.74, 6) is 0. The van der Waals surface area contributed by atoms with Gasteiger partial charge in [0, 0.05) is 26.2 Å². The summed E-state index contributed by atoms with van der Waals surface area (Å²) in [5, 5.41) is 0. The molecule has 0 fully saturated rings. The first-order chi connectivity index (χ1) is 14.4. The predicted molar refractivity (Wildman–Crippen MR) is 149 cm³/mol. The number of hydrogen-bond donors (Lipinski definition) is 0. The molecular weight excluding hydrogens is 549 g/mol. The zero-order valence-corrected chi connectivity index (χ0v) is 25.7. The van der Waals surface area contributed by atoms with Crippen LogP contribution in [-0.2, 0) is 43.3 Å². The Balaban J connectivity index is -0.000000448. The second-order valence-electron chi connectivity index (χ2n) is 7.33. The summed E-state index contributed by atoms with van der Waals surface area (Å²) < 4.78 is 1.30. The van der Waals surface area contributed by atoms with Crippen molar-refractivity contribution in [3.8, 4) is 0 Å². The molecule has 8 heteroatoms. The molecule has 0 heterocycles. The minimum atomic E-state index is 0.650. The van der Waals surface area contributed by atoms with Gasteiger partial charge in [-0.1, -0.05) is 87.7 Å². The van der Waals surface area contributed by atoms with Crippen LogP contribution in [0.3, 0.4) is 0 Å². The molecule has 0 saturated heterocycles. The van der Waals surface area contributed by atoms with Crippen LogP contribution in [0.1, 0.15) is 105 Å². The van der Waals surface area contributed by atoms with E-state index >= 15 is 0 Å². The first-order valence-electron chi connectivity index (χ1n) is 11.5. The second-order valence-corrected chi connectivity index (χ2v) is 9.40. The SMILES string of the molecule is CCCCCN(CCCCC)C(=S)[S-].CCCCCN(CCCCC)C(=S)[S-].[S]=[Mo+2]. The van der Waals surface area contributed by atoms with Gasteiger partial charge >= 0.3 is 27.8 Å². The molecule has 0 amide bonds. The van der Waals surface area contributed by atoms with E-state index in [1.54, 1.807) is 0 Å². The molecule has 0 aromatic rings. The van der Waals surface area contributed by atoms with Crippen LogP contribution < -0.4 is 0 Å². The van der Waals surface area contributed by atoms with E-state index in [4.69, 9.17) is 49.7 Å². The Morgan fingerprint density at radius 3 is 0.867 bits per heavy atom. The number of thiocarbonyl (C=S) groups is 2. The molecular formula is C22H44MoN2S5. The molecule has 178 valence electrons. The van der Waals surface area contributed by atoms with Crippen LogP contribution in [-0.4, -0.2) is 44.6 Å². The maximum atomic E-state index is 5.06. The quantitative estimate of drug-likeness (QED) is 0.0776. The van der Waals surface area contributed by atoms with Crippen LogP contribution in [0.4, 0.5) is 0 Å². The average Bonchev–Trinajstić information content (AvgIpc) is 2.73. The summed E-state index contributed by atoms with van der Waals surface area (Å²) in [7, 11) is 4.09. The zero-order chi connectivity index (χ0) is 23.6. The van der Waals surface area contributed by atoms with Gasteiger partial charge in [-0.05, 0) is 25.7 Å². The topological polar surface area (TPSA) is 6.48 Å². The van der Waals surface area contributed by atoms with Crippen LogP contribution in [0.15, 0.2) is 0 Å². The van der Waals surface area contributed by atoms with Crippen molar-refractivity contribution in [1.29, 1.82) is 0 Å².